The molecule has 1 saturated heterocycles. The number of aliphatic hydroxyl groups excluding tert-OH is 4. The average molecular weight is 391 g/mol. The molecule has 10 heteroatoms. The van der Waals surface area contributed by atoms with Gasteiger partial charge in [-0.1, -0.05) is 6.07 Å². The molecule has 0 radical (unpaired) electrons. The molecule has 0 aliphatic carbocycles. The molecule has 5 N–H and O–H groups in total. The quantitative estimate of drug-likeness (QED) is 0.283. The van der Waals surface area contributed by atoms with E-state index in [-0.39, 0.29) is 31.2 Å². The standard InChI is InChI=1S/C18H21N3O7/c22-8-14(24)16(26)13(23)6-19-11-3-1-2-9-10(11)7-21(18(9)28)12-4-5-15(25)20-17(12)27/h1-3,6,12-14,16,22-24,26H,4-5,7-8H2,(H,20,25,27)/t12?,13-,14+,16-/m0/s1. The first-order valence-corrected chi connectivity index (χ1v) is 8.79. The van der Waals surface area contributed by atoms with Crippen LogP contribution < -0.4 is 5.32 Å². The van der Waals surface area contributed by atoms with Crippen LogP contribution in [0.4, 0.5) is 5.69 Å². The maximum absolute atomic E-state index is 12.7. The fourth-order valence-corrected chi connectivity index (χ4v) is 3.27. The van der Waals surface area contributed by atoms with Crippen LogP contribution in [0.1, 0.15) is 28.8 Å². The second-order valence-electron chi connectivity index (χ2n) is 6.71. The fraction of sp³-hybridized carbons (Fsp3) is 0.444. The van der Waals surface area contributed by atoms with Gasteiger partial charge in [0.05, 0.1) is 12.3 Å². The van der Waals surface area contributed by atoms with Crippen LogP contribution in [-0.2, 0) is 16.1 Å². The molecular formula is C18H21N3O7. The molecule has 2 heterocycles. The van der Waals surface area contributed by atoms with E-state index >= 15 is 0 Å². The first kappa shape index (κ1) is 20.1. The first-order chi connectivity index (χ1) is 13.3. The minimum absolute atomic E-state index is 0.117. The zero-order valence-electron chi connectivity index (χ0n) is 14.9. The Balaban J connectivity index is 1.80. The normalized spacial score (nSPS) is 22.9. The maximum atomic E-state index is 12.7. The SMILES string of the molecule is O=C1CCC(N2Cc3c(N=C[C@H](O)[C@H](O)[C@H](O)CO)cccc3C2=O)C(=O)N1. The van der Waals surface area contributed by atoms with Gasteiger partial charge >= 0.3 is 0 Å². The van der Waals surface area contributed by atoms with Gasteiger partial charge in [0.15, 0.2) is 0 Å². The lowest BCUT2D eigenvalue weighted by atomic mass is 10.0. The molecule has 10 nitrogen and oxygen atoms in total. The van der Waals surface area contributed by atoms with Crippen molar-refractivity contribution in [3.63, 3.8) is 0 Å². The highest BCUT2D eigenvalue weighted by molar-refractivity contribution is 6.06. The third kappa shape index (κ3) is 3.80. The molecule has 2 aliphatic heterocycles. The number of piperidine rings is 1. The van der Waals surface area contributed by atoms with Crippen LogP contribution in [0.25, 0.3) is 0 Å². The number of amides is 3. The number of rotatable bonds is 6. The highest BCUT2D eigenvalue weighted by Crippen LogP contribution is 2.33. The summed E-state index contributed by atoms with van der Waals surface area (Å²) in [4.78, 5) is 41.6. The number of fused-ring (bicyclic) bond motifs is 1. The molecule has 1 aromatic rings. The van der Waals surface area contributed by atoms with Crippen LogP contribution in [-0.4, -0.2) is 80.2 Å². The zero-order chi connectivity index (χ0) is 20.4. The predicted molar refractivity (Wildman–Crippen MR) is 95.7 cm³/mol. The largest absolute Gasteiger partial charge is 0.394 e. The van der Waals surface area contributed by atoms with Crippen molar-refractivity contribution in [1.29, 1.82) is 0 Å². The monoisotopic (exact) mass is 391 g/mol. The second kappa shape index (κ2) is 8.15. The minimum atomic E-state index is -1.62. The molecule has 0 saturated carbocycles. The van der Waals surface area contributed by atoms with Crippen LogP contribution >= 0.6 is 0 Å². The molecule has 1 unspecified atom stereocenters. The van der Waals surface area contributed by atoms with Crippen molar-refractivity contribution in [1.82, 2.24) is 10.2 Å². The predicted octanol–water partition coefficient (Wildman–Crippen LogP) is -1.78. The van der Waals surface area contributed by atoms with Gasteiger partial charge in [0.1, 0.15) is 24.4 Å². The summed E-state index contributed by atoms with van der Waals surface area (Å²) in [5.74, 6) is -1.23. The second-order valence-corrected chi connectivity index (χ2v) is 6.71. The molecule has 0 aromatic heterocycles. The molecule has 3 amide bonds. The summed E-state index contributed by atoms with van der Waals surface area (Å²) in [6, 6.07) is 4.06. The lowest BCUT2D eigenvalue weighted by Crippen LogP contribution is -2.52. The van der Waals surface area contributed by atoms with Crippen molar-refractivity contribution in [3.05, 3.63) is 29.3 Å². The van der Waals surface area contributed by atoms with E-state index in [2.05, 4.69) is 10.3 Å². The summed E-state index contributed by atoms with van der Waals surface area (Å²) in [5, 5.41) is 40.0. The van der Waals surface area contributed by atoms with Crippen LogP contribution in [0.15, 0.2) is 23.2 Å². The van der Waals surface area contributed by atoms with Crippen LogP contribution in [0, 0.1) is 0 Å². The van der Waals surface area contributed by atoms with E-state index in [1.165, 1.54) is 4.90 Å². The smallest absolute Gasteiger partial charge is 0.255 e. The maximum Gasteiger partial charge on any atom is 0.255 e. The van der Waals surface area contributed by atoms with Gasteiger partial charge in [0.25, 0.3) is 5.91 Å². The van der Waals surface area contributed by atoms with Crippen molar-refractivity contribution < 1.29 is 34.8 Å². The number of carbonyl (C=O) groups excluding carboxylic acids is 3. The third-order valence-electron chi connectivity index (χ3n) is 4.85. The van der Waals surface area contributed by atoms with Crippen molar-refractivity contribution in [3.8, 4) is 0 Å². The molecule has 0 bridgehead atoms. The van der Waals surface area contributed by atoms with Gasteiger partial charge in [-0.05, 0) is 18.6 Å². The Hall–Kier alpha value is -2.66. The molecule has 0 spiro atoms. The molecule has 4 atom stereocenters. The molecule has 3 rings (SSSR count). The molecule has 28 heavy (non-hydrogen) atoms. The molecule has 2 aliphatic rings. The number of imide groups is 1. The summed E-state index contributed by atoms with van der Waals surface area (Å²) in [7, 11) is 0. The van der Waals surface area contributed by atoms with Crippen LogP contribution in [0.3, 0.4) is 0 Å². The van der Waals surface area contributed by atoms with Crippen LogP contribution in [0.5, 0.6) is 0 Å². The van der Waals surface area contributed by atoms with E-state index in [0.29, 0.717) is 16.8 Å². The molecule has 1 fully saturated rings. The van der Waals surface area contributed by atoms with E-state index in [1.807, 2.05) is 0 Å². The van der Waals surface area contributed by atoms with Gasteiger partial charge in [0, 0.05) is 30.3 Å². The Morgan fingerprint density at radius 1 is 1.25 bits per heavy atom. The van der Waals surface area contributed by atoms with Gasteiger partial charge < -0.3 is 25.3 Å². The topological polar surface area (TPSA) is 160 Å². The molecule has 150 valence electrons. The number of carbonyl (C=O) groups is 3. The van der Waals surface area contributed by atoms with Gasteiger partial charge in [-0.3, -0.25) is 24.7 Å². The van der Waals surface area contributed by atoms with Crippen molar-refractivity contribution in [2.24, 2.45) is 4.99 Å². The molecule has 1 aromatic carbocycles. The fourth-order valence-electron chi connectivity index (χ4n) is 3.27. The van der Waals surface area contributed by atoms with E-state index in [9.17, 15) is 29.7 Å². The number of nitrogens with one attached hydrogen (secondary N) is 1. The van der Waals surface area contributed by atoms with Crippen molar-refractivity contribution >= 4 is 29.6 Å². The number of aliphatic imine (C=N–C) groups is 1. The van der Waals surface area contributed by atoms with E-state index < -0.39 is 36.9 Å². The van der Waals surface area contributed by atoms with E-state index in [1.54, 1.807) is 18.2 Å². The van der Waals surface area contributed by atoms with Gasteiger partial charge in [-0.15, -0.1) is 0 Å². The number of aliphatic hydroxyl groups is 4. The highest BCUT2D eigenvalue weighted by Gasteiger charge is 2.39. The summed E-state index contributed by atoms with van der Waals surface area (Å²) in [6.07, 6.45) is -3.26. The minimum Gasteiger partial charge on any atom is -0.394 e. The Labute approximate surface area is 160 Å². The average Bonchev–Trinajstić information content (AvgIpc) is 3.02. The summed E-state index contributed by atoms with van der Waals surface area (Å²) >= 11 is 0. The first-order valence-electron chi connectivity index (χ1n) is 8.79. The number of nitrogens with zero attached hydrogens (tertiary/aromatic N) is 2. The van der Waals surface area contributed by atoms with E-state index in [0.717, 1.165) is 6.21 Å². The summed E-state index contributed by atoms with van der Waals surface area (Å²) < 4.78 is 0. The molecular weight excluding hydrogens is 370 g/mol. The van der Waals surface area contributed by atoms with Crippen molar-refractivity contribution in [2.75, 3.05) is 6.61 Å². The van der Waals surface area contributed by atoms with Gasteiger partial charge in [0.2, 0.25) is 11.8 Å². The Morgan fingerprint density at radius 2 is 2.00 bits per heavy atom. The van der Waals surface area contributed by atoms with Crippen LogP contribution in [0.2, 0.25) is 0 Å². The van der Waals surface area contributed by atoms with Gasteiger partial charge in [-0.25, -0.2) is 0 Å². The lowest BCUT2D eigenvalue weighted by Gasteiger charge is -2.29. The third-order valence-corrected chi connectivity index (χ3v) is 4.85. The Kier molecular flexibility index (Phi) is 5.84. The zero-order valence-corrected chi connectivity index (χ0v) is 14.9. The number of hydrogen-bond acceptors (Lipinski definition) is 8. The summed E-state index contributed by atoms with van der Waals surface area (Å²) in [6.45, 7) is -0.603. The Morgan fingerprint density at radius 3 is 2.68 bits per heavy atom. The number of hydrogen-bond donors (Lipinski definition) is 5. The summed E-state index contributed by atoms with van der Waals surface area (Å²) in [5.41, 5.74) is 1.29. The lowest BCUT2D eigenvalue weighted by molar-refractivity contribution is -0.136. The Bertz CT molecular complexity index is 825. The van der Waals surface area contributed by atoms with Crippen molar-refractivity contribution in [2.45, 2.75) is 43.7 Å². The highest BCUT2D eigenvalue weighted by atomic mass is 16.4. The number of benzene rings is 1. The van der Waals surface area contributed by atoms with E-state index in [4.69, 9.17) is 5.11 Å². The van der Waals surface area contributed by atoms with Gasteiger partial charge in [-0.2, -0.15) is 0 Å².